The van der Waals surface area contributed by atoms with Gasteiger partial charge in [0, 0.05) is 25.0 Å². The van der Waals surface area contributed by atoms with Gasteiger partial charge in [0.1, 0.15) is 0 Å². The number of nitrogens with one attached hydrogen (secondary N) is 1. The molecule has 9 nitrogen and oxygen atoms in total. The molecule has 2 unspecified atom stereocenters. The van der Waals surface area contributed by atoms with Crippen LogP contribution in [0.25, 0.3) is 0 Å². The number of benzene rings is 2. The van der Waals surface area contributed by atoms with Gasteiger partial charge in [0.15, 0.2) is 11.5 Å². The number of aromatic nitrogens is 1. The van der Waals surface area contributed by atoms with E-state index >= 15 is 0 Å². The van der Waals surface area contributed by atoms with Gasteiger partial charge in [-0.25, -0.2) is 4.79 Å². The van der Waals surface area contributed by atoms with Gasteiger partial charge in [-0.05, 0) is 48.4 Å². The van der Waals surface area contributed by atoms with Crippen LogP contribution >= 0.6 is 0 Å². The fourth-order valence-corrected chi connectivity index (χ4v) is 4.49. The molecule has 9 heteroatoms. The second kappa shape index (κ2) is 10.5. The highest BCUT2D eigenvalue weighted by Gasteiger charge is 2.44. The molecule has 2 amide bonds. The van der Waals surface area contributed by atoms with Crippen LogP contribution in [0.4, 0.5) is 5.69 Å². The summed E-state index contributed by atoms with van der Waals surface area (Å²) in [6.07, 6.45) is 3.26. The maximum Gasteiger partial charge on any atom is 0.340 e. The maximum absolute atomic E-state index is 14.0. The van der Waals surface area contributed by atoms with Gasteiger partial charge in [-0.15, -0.1) is 0 Å². The van der Waals surface area contributed by atoms with E-state index < -0.39 is 23.8 Å². The molecule has 2 heterocycles. The van der Waals surface area contributed by atoms with Crippen LogP contribution in [-0.4, -0.2) is 55.5 Å². The van der Waals surface area contributed by atoms with Crippen LogP contribution in [0, 0.1) is 0 Å². The number of rotatable bonds is 7. The van der Waals surface area contributed by atoms with Crippen molar-refractivity contribution in [2.75, 3.05) is 33.2 Å². The molecule has 2 atom stereocenters. The molecule has 1 aliphatic rings. The van der Waals surface area contributed by atoms with E-state index in [0.29, 0.717) is 33.9 Å². The van der Waals surface area contributed by atoms with Crippen LogP contribution in [0.2, 0.25) is 0 Å². The van der Waals surface area contributed by atoms with Crippen molar-refractivity contribution in [1.29, 1.82) is 0 Å². The van der Waals surface area contributed by atoms with E-state index in [4.69, 9.17) is 14.2 Å². The van der Waals surface area contributed by atoms with Crippen molar-refractivity contribution < 1.29 is 28.6 Å². The number of pyridine rings is 1. The highest BCUT2D eigenvalue weighted by Crippen LogP contribution is 2.45. The fraction of sp³-hybridized carbons (Fsp3) is 0.259. The average molecular weight is 490 g/mol. The van der Waals surface area contributed by atoms with Gasteiger partial charge in [0.2, 0.25) is 5.91 Å². The third-order valence-corrected chi connectivity index (χ3v) is 6.16. The number of carbonyl (C=O) groups excluding carboxylic acids is 3. The molecule has 1 N–H and O–H groups in total. The monoisotopic (exact) mass is 489 g/mol. The quantitative estimate of drug-likeness (QED) is 0.503. The molecule has 36 heavy (non-hydrogen) atoms. The Kier molecular flexibility index (Phi) is 7.19. The summed E-state index contributed by atoms with van der Waals surface area (Å²) >= 11 is 0. The van der Waals surface area contributed by atoms with E-state index in [1.54, 1.807) is 68.8 Å². The smallest absolute Gasteiger partial charge is 0.340 e. The Morgan fingerprint density at radius 3 is 2.44 bits per heavy atom. The molecule has 0 aliphatic carbocycles. The minimum atomic E-state index is -0.845. The molecule has 0 radical (unpaired) electrons. The van der Waals surface area contributed by atoms with Crippen molar-refractivity contribution in [3.8, 4) is 11.5 Å². The van der Waals surface area contributed by atoms with Gasteiger partial charge >= 0.3 is 5.97 Å². The number of esters is 1. The van der Waals surface area contributed by atoms with Crippen molar-refractivity contribution in [1.82, 2.24) is 9.88 Å². The zero-order chi connectivity index (χ0) is 25.8. The summed E-state index contributed by atoms with van der Waals surface area (Å²) in [5.41, 5.74) is 2.04. The van der Waals surface area contributed by atoms with Crippen molar-refractivity contribution in [3.63, 3.8) is 0 Å². The number of carbonyl (C=O) groups is 3. The molecular weight excluding hydrogens is 462 g/mol. The van der Waals surface area contributed by atoms with E-state index in [0.717, 1.165) is 0 Å². The van der Waals surface area contributed by atoms with Crippen LogP contribution in [0.1, 0.15) is 50.7 Å². The first-order chi connectivity index (χ1) is 17.4. The molecule has 4 rings (SSSR count). The number of hydrogen-bond donors (Lipinski definition) is 1. The number of ether oxygens (including phenoxy) is 3. The zero-order valence-electron chi connectivity index (χ0n) is 20.5. The molecule has 1 aliphatic heterocycles. The first kappa shape index (κ1) is 24.7. The maximum atomic E-state index is 14.0. The molecule has 0 saturated carbocycles. The summed E-state index contributed by atoms with van der Waals surface area (Å²) in [6.45, 7) is 1.92. The average Bonchev–Trinajstić information content (AvgIpc) is 2.90. The van der Waals surface area contributed by atoms with Crippen molar-refractivity contribution in [3.05, 3.63) is 83.2 Å². The van der Waals surface area contributed by atoms with Gasteiger partial charge < -0.3 is 24.4 Å². The Bertz CT molecular complexity index is 1290. The number of hydrogen-bond acceptors (Lipinski definition) is 7. The highest BCUT2D eigenvalue weighted by molar-refractivity contribution is 6.07. The number of fused-ring (bicyclic) bond motifs is 1. The van der Waals surface area contributed by atoms with Crippen LogP contribution in [-0.2, 0) is 9.53 Å². The summed E-state index contributed by atoms with van der Waals surface area (Å²) in [4.78, 5) is 45.6. The third kappa shape index (κ3) is 4.47. The molecule has 0 fully saturated rings. The number of amides is 2. The lowest BCUT2D eigenvalue weighted by molar-refractivity contribution is -0.119. The largest absolute Gasteiger partial charge is 0.493 e. The summed E-state index contributed by atoms with van der Waals surface area (Å²) in [5.74, 6) is -1.29. The van der Waals surface area contributed by atoms with Crippen LogP contribution in [0.15, 0.2) is 60.9 Å². The second-order valence-corrected chi connectivity index (χ2v) is 8.17. The lowest BCUT2D eigenvalue weighted by atomic mass is 9.79. The molecule has 186 valence electrons. The van der Waals surface area contributed by atoms with Crippen LogP contribution in [0.3, 0.4) is 0 Å². The molecular formula is C27H27N3O6. The number of methoxy groups -OCH3 is 2. The molecule has 3 aromatic rings. The van der Waals surface area contributed by atoms with Crippen LogP contribution < -0.4 is 14.8 Å². The Morgan fingerprint density at radius 2 is 1.78 bits per heavy atom. The summed E-state index contributed by atoms with van der Waals surface area (Å²) in [6, 6.07) is 12.8. The predicted octanol–water partition coefficient (Wildman–Crippen LogP) is 3.82. The standard InChI is InChI=1S/C27H27N3O6/c1-5-36-27(33)17-10-6-7-11-20(17)29-25(31)23-18-13-21(34-3)22(35-4)14-19(18)26(32)30(2)24(23)16-9-8-12-28-15-16/h6-15,23-24H,5H2,1-4H3,(H,29,31). The Hall–Kier alpha value is -4.40. The summed E-state index contributed by atoms with van der Waals surface area (Å²) in [5, 5.41) is 2.89. The van der Waals surface area contributed by atoms with E-state index in [-0.39, 0.29) is 18.1 Å². The highest BCUT2D eigenvalue weighted by atomic mass is 16.5. The van der Waals surface area contributed by atoms with Gasteiger partial charge in [0.05, 0.1) is 44.0 Å². The van der Waals surface area contributed by atoms with Gasteiger partial charge in [-0.1, -0.05) is 18.2 Å². The third-order valence-electron chi connectivity index (χ3n) is 6.16. The van der Waals surface area contributed by atoms with E-state index in [2.05, 4.69) is 10.3 Å². The Labute approximate surface area is 209 Å². The zero-order valence-corrected chi connectivity index (χ0v) is 20.5. The predicted molar refractivity (Wildman–Crippen MR) is 132 cm³/mol. The Morgan fingerprint density at radius 1 is 1.06 bits per heavy atom. The van der Waals surface area contributed by atoms with Gasteiger partial charge in [0.25, 0.3) is 5.91 Å². The molecule has 2 aromatic carbocycles. The number of anilines is 1. The first-order valence-corrected chi connectivity index (χ1v) is 11.4. The topological polar surface area (TPSA) is 107 Å². The Balaban J connectivity index is 1.85. The molecule has 1 aromatic heterocycles. The number of likely N-dealkylation sites (N-methyl/N-ethyl adjacent to an activating group) is 1. The van der Waals surface area contributed by atoms with Gasteiger partial charge in [-0.2, -0.15) is 0 Å². The second-order valence-electron chi connectivity index (χ2n) is 8.17. The summed E-state index contributed by atoms with van der Waals surface area (Å²) in [7, 11) is 4.62. The first-order valence-electron chi connectivity index (χ1n) is 11.4. The normalized spacial score (nSPS) is 16.7. The van der Waals surface area contributed by atoms with E-state index in [1.807, 2.05) is 6.07 Å². The van der Waals surface area contributed by atoms with Crippen LogP contribution in [0.5, 0.6) is 11.5 Å². The van der Waals surface area contributed by atoms with Crippen molar-refractivity contribution in [2.45, 2.75) is 18.9 Å². The lowest BCUT2D eigenvalue weighted by Gasteiger charge is -2.40. The number of nitrogens with zero attached hydrogens (tertiary/aromatic N) is 2. The minimum Gasteiger partial charge on any atom is -0.493 e. The molecule has 0 bridgehead atoms. The lowest BCUT2D eigenvalue weighted by Crippen LogP contribution is -2.44. The van der Waals surface area contributed by atoms with E-state index in [9.17, 15) is 14.4 Å². The van der Waals surface area contributed by atoms with Crippen molar-refractivity contribution in [2.24, 2.45) is 0 Å². The van der Waals surface area contributed by atoms with Crippen molar-refractivity contribution >= 4 is 23.5 Å². The summed E-state index contributed by atoms with van der Waals surface area (Å²) < 4.78 is 16.0. The van der Waals surface area contributed by atoms with Gasteiger partial charge in [-0.3, -0.25) is 14.6 Å². The number of para-hydroxylation sites is 1. The van der Waals surface area contributed by atoms with E-state index in [1.165, 1.54) is 19.1 Å². The molecule has 0 saturated heterocycles. The fourth-order valence-electron chi connectivity index (χ4n) is 4.49. The molecule has 0 spiro atoms. The SMILES string of the molecule is CCOC(=O)c1ccccc1NC(=O)C1c2cc(OC)c(OC)cc2C(=O)N(C)C1c1cccnc1. The minimum absolute atomic E-state index is 0.203.